The van der Waals surface area contributed by atoms with Gasteiger partial charge in [0.2, 0.25) is 5.91 Å². The highest BCUT2D eigenvalue weighted by Gasteiger charge is 2.11. The Balaban J connectivity index is 1.47. The Morgan fingerprint density at radius 2 is 1.88 bits per heavy atom. The van der Waals surface area contributed by atoms with Crippen LogP contribution < -0.4 is 15.8 Å². The van der Waals surface area contributed by atoms with Crippen LogP contribution in [0, 0.1) is 0 Å². The maximum Gasteiger partial charge on any atom is 0.221 e. The quantitative estimate of drug-likeness (QED) is 0.546. The lowest BCUT2D eigenvalue weighted by Crippen LogP contribution is -2.41. The van der Waals surface area contributed by atoms with Gasteiger partial charge in [-0.05, 0) is 42.5 Å². The maximum absolute atomic E-state index is 12.2. The third kappa shape index (κ3) is 4.43. The number of aromatic nitrogens is 1. The summed E-state index contributed by atoms with van der Waals surface area (Å²) in [6.07, 6.45) is 4.20. The van der Waals surface area contributed by atoms with Crippen molar-refractivity contribution in [1.29, 1.82) is 0 Å². The second-order valence-electron chi connectivity index (χ2n) is 6.38. The standard InChI is InChI=1S/C21H25N3O2/c1-26-19-9-5-2-6-15(19)11-13-21(25)24-20(22)12-10-16-14-23-18-8-4-3-7-17(16)18/h2-9,14,20,23H,10-13,22H2,1H3,(H,24,25). The molecule has 1 atom stereocenters. The summed E-state index contributed by atoms with van der Waals surface area (Å²) in [7, 11) is 1.64. The van der Waals surface area contributed by atoms with Gasteiger partial charge >= 0.3 is 0 Å². The monoisotopic (exact) mass is 351 g/mol. The molecule has 0 saturated carbocycles. The lowest BCUT2D eigenvalue weighted by molar-refractivity contribution is -0.121. The first kappa shape index (κ1) is 18.0. The molecule has 136 valence electrons. The molecule has 0 saturated heterocycles. The number of aryl methyl sites for hydroxylation is 2. The average molecular weight is 351 g/mol. The molecule has 3 aromatic rings. The van der Waals surface area contributed by atoms with E-state index in [4.69, 9.17) is 10.5 Å². The van der Waals surface area contributed by atoms with Gasteiger partial charge in [0.05, 0.1) is 13.3 Å². The Morgan fingerprint density at radius 1 is 1.12 bits per heavy atom. The zero-order valence-corrected chi connectivity index (χ0v) is 15.0. The number of carbonyl (C=O) groups is 1. The van der Waals surface area contributed by atoms with Gasteiger partial charge in [0.1, 0.15) is 5.75 Å². The van der Waals surface area contributed by atoms with Crippen molar-refractivity contribution >= 4 is 16.8 Å². The molecule has 1 amide bonds. The maximum atomic E-state index is 12.2. The van der Waals surface area contributed by atoms with Crippen molar-refractivity contribution < 1.29 is 9.53 Å². The first-order chi connectivity index (χ1) is 12.7. The van der Waals surface area contributed by atoms with Crippen molar-refractivity contribution in [3.8, 4) is 5.75 Å². The van der Waals surface area contributed by atoms with Crippen LogP contribution in [0.3, 0.4) is 0 Å². The fourth-order valence-corrected chi connectivity index (χ4v) is 3.16. The van der Waals surface area contributed by atoms with Crippen LogP contribution in [0.25, 0.3) is 10.9 Å². The molecule has 5 heteroatoms. The Kier molecular flexibility index (Phi) is 5.92. The molecule has 0 radical (unpaired) electrons. The highest BCUT2D eigenvalue weighted by molar-refractivity contribution is 5.83. The molecule has 26 heavy (non-hydrogen) atoms. The van der Waals surface area contributed by atoms with Crippen LogP contribution >= 0.6 is 0 Å². The third-order valence-electron chi connectivity index (χ3n) is 4.56. The SMILES string of the molecule is COc1ccccc1CCC(=O)NC(N)CCc1c[nH]c2ccccc12. The second-order valence-corrected chi connectivity index (χ2v) is 6.38. The number of aromatic amines is 1. The van der Waals surface area contributed by atoms with Crippen LogP contribution in [-0.2, 0) is 17.6 Å². The molecule has 0 aliphatic heterocycles. The van der Waals surface area contributed by atoms with Gasteiger partial charge in [0.15, 0.2) is 0 Å². The topological polar surface area (TPSA) is 80.1 Å². The lowest BCUT2D eigenvalue weighted by atomic mass is 10.1. The first-order valence-electron chi connectivity index (χ1n) is 8.89. The normalized spacial score (nSPS) is 12.1. The van der Waals surface area contributed by atoms with E-state index in [0.29, 0.717) is 19.3 Å². The Hall–Kier alpha value is -2.79. The van der Waals surface area contributed by atoms with Crippen LogP contribution in [0.2, 0.25) is 0 Å². The zero-order chi connectivity index (χ0) is 18.4. The van der Waals surface area contributed by atoms with Crippen LogP contribution in [0.5, 0.6) is 5.75 Å². The summed E-state index contributed by atoms with van der Waals surface area (Å²) >= 11 is 0. The predicted octanol–water partition coefficient (Wildman–Crippen LogP) is 3.14. The number of nitrogens with one attached hydrogen (secondary N) is 2. The number of fused-ring (bicyclic) bond motifs is 1. The third-order valence-corrected chi connectivity index (χ3v) is 4.56. The second kappa shape index (κ2) is 8.54. The van der Waals surface area contributed by atoms with Crippen molar-refractivity contribution in [2.45, 2.75) is 31.8 Å². The molecule has 0 bridgehead atoms. The van der Waals surface area contributed by atoms with E-state index in [1.807, 2.05) is 42.6 Å². The van der Waals surface area contributed by atoms with E-state index in [1.165, 1.54) is 10.9 Å². The fourth-order valence-electron chi connectivity index (χ4n) is 3.16. The summed E-state index contributed by atoms with van der Waals surface area (Å²) in [6, 6.07) is 15.9. The van der Waals surface area contributed by atoms with E-state index in [2.05, 4.69) is 22.4 Å². The number of benzene rings is 2. The fraction of sp³-hybridized carbons (Fsp3) is 0.286. The Bertz CT molecular complexity index is 872. The number of para-hydroxylation sites is 2. The molecule has 0 aliphatic carbocycles. The molecule has 4 N–H and O–H groups in total. The molecule has 2 aromatic carbocycles. The van der Waals surface area contributed by atoms with Crippen molar-refractivity contribution in [3.63, 3.8) is 0 Å². The number of rotatable bonds is 8. The molecule has 3 rings (SSSR count). The van der Waals surface area contributed by atoms with E-state index in [1.54, 1.807) is 7.11 Å². The summed E-state index contributed by atoms with van der Waals surface area (Å²) in [5.74, 6) is 0.770. The number of hydrogen-bond donors (Lipinski definition) is 3. The van der Waals surface area contributed by atoms with Gasteiger partial charge in [-0.15, -0.1) is 0 Å². The van der Waals surface area contributed by atoms with Crippen molar-refractivity contribution in [3.05, 3.63) is 65.9 Å². The number of ether oxygens (including phenoxy) is 1. The molecule has 5 nitrogen and oxygen atoms in total. The summed E-state index contributed by atoms with van der Waals surface area (Å²) in [4.78, 5) is 15.4. The number of hydrogen-bond acceptors (Lipinski definition) is 3. The largest absolute Gasteiger partial charge is 0.496 e. The smallest absolute Gasteiger partial charge is 0.221 e. The summed E-state index contributed by atoms with van der Waals surface area (Å²) in [5, 5.41) is 4.10. The summed E-state index contributed by atoms with van der Waals surface area (Å²) in [6.45, 7) is 0. The predicted molar refractivity (Wildman–Crippen MR) is 104 cm³/mol. The van der Waals surface area contributed by atoms with Gasteiger partial charge in [-0.25, -0.2) is 0 Å². The van der Waals surface area contributed by atoms with Gasteiger partial charge in [0.25, 0.3) is 0 Å². The van der Waals surface area contributed by atoms with Gasteiger partial charge in [-0.3, -0.25) is 4.79 Å². The number of methoxy groups -OCH3 is 1. The molecule has 0 aliphatic rings. The average Bonchev–Trinajstić information content (AvgIpc) is 3.08. The Morgan fingerprint density at radius 3 is 2.73 bits per heavy atom. The van der Waals surface area contributed by atoms with Crippen molar-refractivity contribution in [2.75, 3.05) is 7.11 Å². The molecule has 1 heterocycles. The van der Waals surface area contributed by atoms with Crippen molar-refractivity contribution in [1.82, 2.24) is 10.3 Å². The molecule has 0 fully saturated rings. The number of nitrogens with two attached hydrogens (primary N) is 1. The van der Waals surface area contributed by atoms with Crippen LogP contribution in [-0.4, -0.2) is 24.2 Å². The Labute approximate surface area is 153 Å². The highest BCUT2D eigenvalue weighted by Crippen LogP contribution is 2.20. The van der Waals surface area contributed by atoms with Gasteiger partial charge in [0, 0.05) is 23.5 Å². The molecular weight excluding hydrogens is 326 g/mol. The summed E-state index contributed by atoms with van der Waals surface area (Å²) in [5.41, 5.74) is 9.46. The first-order valence-corrected chi connectivity index (χ1v) is 8.89. The van der Waals surface area contributed by atoms with E-state index in [0.717, 1.165) is 23.3 Å². The van der Waals surface area contributed by atoms with E-state index >= 15 is 0 Å². The minimum absolute atomic E-state index is 0.0395. The summed E-state index contributed by atoms with van der Waals surface area (Å²) < 4.78 is 5.31. The van der Waals surface area contributed by atoms with Crippen molar-refractivity contribution in [2.24, 2.45) is 5.73 Å². The molecule has 1 aromatic heterocycles. The van der Waals surface area contributed by atoms with Gasteiger partial charge in [-0.2, -0.15) is 0 Å². The van der Waals surface area contributed by atoms with Crippen LogP contribution in [0.1, 0.15) is 24.0 Å². The number of carbonyl (C=O) groups excluding carboxylic acids is 1. The van der Waals surface area contributed by atoms with Crippen LogP contribution in [0.4, 0.5) is 0 Å². The molecule has 0 spiro atoms. The molecular formula is C21H25N3O2. The van der Waals surface area contributed by atoms with E-state index in [-0.39, 0.29) is 12.1 Å². The minimum Gasteiger partial charge on any atom is -0.496 e. The zero-order valence-electron chi connectivity index (χ0n) is 15.0. The lowest BCUT2D eigenvalue weighted by Gasteiger charge is -2.14. The minimum atomic E-state index is -0.353. The molecule has 1 unspecified atom stereocenters. The van der Waals surface area contributed by atoms with Crippen LogP contribution in [0.15, 0.2) is 54.7 Å². The van der Waals surface area contributed by atoms with E-state index in [9.17, 15) is 4.79 Å². The number of amides is 1. The van der Waals surface area contributed by atoms with E-state index < -0.39 is 0 Å². The van der Waals surface area contributed by atoms with Gasteiger partial charge in [-0.1, -0.05) is 36.4 Å². The number of H-pyrrole nitrogens is 1. The highest BCUT2D eigenvalue weighted by atomic mass is 16.5. The van der Waals surface area contributed by atoms with Gasteiger partial charge < -0.3 is 20.8 Å².